The molecular weight excluding hydrogens is 300 g/mol. The van der Waals surface area contributed by atoms with E-state index in [1.807, 2.05) is 0 Å². The third-order valence-electron chi connectivity index (χ3n) is 3.37. The topological polar surface area (TPSA) is 97.8 Å². The van der Waals surface area contributed by atoms with Gasteiger partial charge in [-0.05, 0) is 44.2 Å². The zero-order valence-electron chi connectivity index (χ0n) is 13.1. The van der Waals surface area contributed by atoms with E-state index in [4.69, 9.17) is 9.15 Å². The van der Waals surface area contributed by atoms with Crippen LogP contribution in [0.1, 0.15) is 19.1 Å². The molecule has 0 spiro atoms. The van der Waals surface area contributed by atoms with Gasteiger partial charge in [0.25, 0.3) is 5.69 Å². The van der Waals surface area contributed by atoms with Gasteiger partial charge in [-0.1, -0.05) is 0 Å². The van der Waals surface area contributed by atoms with Crippen LogP contribution in [-0.4, -0.2) is 29.8 Å². The second-order valence-corrected chi connectivity index (χ2v) is 5.22. The number of methoxy groups -OCH3 is 1. The Morgan fingerprint density at radius 2 is 2.17 bits per heavy atom. The monoisotopic (exact) mass is 320 g/mol. The first-order valence-electron chi connectivity index (χ1n) is 7.31. The fourth-order valence-corrected chi connectivity index (χ4v) is 2.14. The van der Waals surface area contributed by atoms with E-state index in [1.54, 1.807) is 31.2 Å². The van der Waals surface area contributed by atoms with Gasteiger partial charge in [0.2, 0.25) is 0 Å². The van der Waals surface area contributed by atoms with Crippen molar-refractivity contribution >= 4 is 5.69 Å². The van der Waals surface area contributed by atoms with Crippen LogP contribution < -0.4 is 10.1 Å². The second kappa shape index (κ2) is 7.75. The van der Waals surface area contributed by atoms with E-state index in [1.165, 1.54) is 13.2 Å². The van der Waals surface area contributed by atoms with Gasteiger partial charge in [0.05, 0.1) is 36.3 Å². The molecule has 1 unspecified atom stereocenters. The molecule has 0 fully saturated rings. The van der Waals surface area contributed by atoms with Crippen LogP contribution in [0.15, 0.2) is 34.7 Å². The van der Waals surface area contributed by atoms with Gasteiger partial charge in [-0.3, -0.25) is 10.1 Å². The Kier molecular flexibility index (Phi) is 5.72. The number of hydrogen-bond donors (Lipinski definition) is 2. The van der Waals surface area contributed by atoms with Gasteiger partial charge in [-0.25, -0.2) is 0 Å². The molecule has 124 valence electrons. The summed E-state index contributed by atoms with van der Waals surface area (Å²) in [6.07, 6.45) is 0.300. The lowest BCUT2D eigenvalue weighted by Crippen LogP contribution is -2.18. The van der Waals surface area contributed by atoms with Crippen molar-refractivity contribution in [2.45, 2.75) is 26.0 Å². The van der Waals surface area contributed by atoms with Crippen LogP contribution >= 0.6 is 0 Å². The lowest BCUT2D eigenvalue weighted by atomic mass is 10.1. The van der Waals surface area contributed by atoms with Gasteiger partial charge in [0.15, 0.2) is 0 Å². The molecule has 0 saturated carbocycles. The summed E-state index contributed by atoms with van der Waals surface area (Å²) in [5, 5.41) is 23.6. The molecule has 2 N–H and O–H groups in total. The van der Waals surface area contributed by atoms with Crippen molar-refractivity contribution in [3.8, 4) is 17.1 Å². The Labute approximate surface area is 134 Å². The number of nitrogens with one attached hydrogen (secondary N) is 1. The van der Waals surface area contributed by atoms with Crippen LogP contribution in [0, 0.1) is 10.1 Å². The highest BCUT2D eigenvalue weighted by molar-refractivity contribution is 5.71. The molecule has 0 bridgehead atoms. The minimum atomic E-state index is -0.457. The molecule has 2 rings (SSSR count). The maximum Gasteiger partial charge on any atom is 0.284 e. The number of hydrogen-bond acceptors (Lipinski definition) is 6. The van der Waals surface area contributed by atoms with Crippen molar-refractivity contribution in [1.29, 1.82) is 0 Å². The van der Waals surface area contributed by atoms with Gasteiger partial charge in [-0.2, -0.15) is 0 Å². The lowest BCUT2D eigenvalue weighted by molar-refractivity contribution is -0.384. The molecule has 0 aliphatic carbocycles. The average Bonchev–Trinajstić information content (AvgIpc) is 2.99. The minimum absolute atomic E-state index is 0.0627. The smallest absolute Gasteiger partial charge is 0.284 e. The largest absolute Gasteiger partial charge is 0.497 e. The first-order chi connectivity index (χ1) is 11.0. The number of nitro groups is 1. The summed E-state index contributed by atoms with van der Waals surface area (Å²) >= 11 is 0. The molecule has 0 amide bonds. The Balaban J connectivity index is 2.12. The Bertz CT molecular complexity index is 666. The number of aliphatic hydroxyl groups is 1. The summed E-state index contributed by atoms with van der Waals surface area (Å²) < 4.78 is 10.7. The zero-order valence-corrected chi connectivity index (χ0v) is 13.1. The van der Waals surface area contributed by atoms with E-state index < -0.39 is 4.92 Å². The van der Waals surface area contributed by atoms with Crippen LogP contribution in [0.25, 0.3) is 11.3 Å². The summed E-state index contributed by atoms with van der Waals surface area (Å²) in [4.78, 5) is 10.8. The standard InChI is InChI=1S/C16H20N2O5/c1-11(19)7-8-17-10-13-4-6-16(23-13)14-5-3-12(22-2)9-15(14)18(20)21/h3-6,9,11,17,19H,7-8,10H2,1-2H3. The first-order valence-corrected chi connectivity index (χ1v) is 7.31. The maximum absolute atomic E-state index is 11.2. The van der Waals surface area contributed by atoms with Crippen molar-refractivity contribution in [1.82, 2.24) is 5.32 Å². The normalized spacial score (nSPS) is 12.1. The van der Waals surface area contributed by atoms with Crippen molar-refractivity contribution in [2.75, 3.05) is 13.7 Å². The van der Waals surface area contributed by atoms with Gasteiger partial charge in [-0.15, -0.1) is 0 Å². The molecule has 23 heavy (non-hydrogen) atoms. The number of furan rings is 1. The summed E-state index contributed by atoms with van der Waals surface area (Å²) in [6.45, 7) is 2.89. The molecule has 2 aromatic rings. The summed E-state index contributed by atoms with van der Waals surface area (Å²) in [5.41, 5.74) is 0.346. The van der Waals surface area contributed by atoms with Gasteiger partial charge < -0.3 is 19.6 Å². The fourth-order valence-electron chi connectivity index (χ4n) is 2.14. The predicted molar refractivity (Wildman–Crippen MR) is 85.4 cm³/mol. The number of nitrogens with zero attached hydrogens (tertiary/aromatic N) is 1. The molecule has 1 aromatic carbocycles. The quantitative estimate of drug-likeness (QED) is 0.441. The molecule has 1 atom stereocenters. The number of ether oxygens (including phenoxy) is 1. The average molecular weight is 320 g/mol. The van der Waals surface area contributed by atoms with Crippen LogP contribution in [0.4, 0.5) is 5.69 Å². The number of rotatable bonds is 8. The van der Waals surface area contributed by atoms with E-state index in [-0.39, 0.29) is 11.8 Å². The molecular formula is C16H20N2O5. The minimum Gasteiger partial charge on any atom is -0.497 e. The van der Waals surface area contributed by atoms with E-state index in [0.29, 0.717) is 42.3 Å². The van der Waals surface area contributed by atoms with Crippen molar-refractivity contribution in [2.24, 2.45) is 0 Å². The number of benzene rings is 1. The molecule has 0 aliphatic rings. The number of aliphatic hydroxyl groups excluding tert-OH is 1. The Morgan fingerprint density at radius 3 is 2.83 bits per heavy atom. The van der Waals surface area contributed by atoms with E-state index in [9.17, 15) is 15.2 Å². The number of nitro benzene ring substituents is 1. The molecule has 1 aromatic heterocycles. The molecule has 1 heterocycles. The Morgan fingerprint density at radius 1 is 1.39 bits per heavy atom. The summed E-state index contributed by atoms with van der Waals surface area (Å²) in [5.74, 6) is 1.54. The summed E-state index contributed by atoms with van der Waals surface area (Å²) in [6, 6.07) is 8.13. The highest BCUT2D eigenvalue weighted by Crippen LogP contribution is 2.34. The molecule has 7 heteroatoms. The van der Waals surface area contributed by atoms with E-state index >= 15 is 0 Å². The third kappa shape index (κ3) is 4.54. The molecule has 0 saturated heterocycles. The van der Waals surface area contributed by atoms with E-state index in [0.717, 1.165) is 0 Å². The van der Waals surface area contributed by atoms with Gasteiger partial charge >= 0.3 is 0 Å². The van der Waals surface area contributed by atoms with Gasteiger partial charge in [0, 0.05) is 0 Å². The highest BCUT2D eigenvalue weighted by Gasteiger charge is 2.19. The third-order valence-corrected chi connectivity index (χ3v) is 3.37. The van der Waals surface area contributed by atoms with Crippen molar-refractivity contribution in [3.63, 3.8) is 0 Å². The Hall–Kier alpha value is -2.38. The molecule has 7 nitrogen and oxygen atoms in total. The van der Waals surface area contributed by atoms with Crippen LogP contribution in [0.2, 0.25) is 0 Å². The van der Waals surface area contributed by atoms with E-state index in [2.05, 4.69) is 5.32 Å². The zero-order chi connectivity index (χ0) is 16.8. The summed E-state index contributed by atoms with van der Waals surface area (Å²) in [7, 11) is 1.46. The SMILES string of the molecule is COc1ccc(-c2ccc(CNCCC(C)O)o2)c([N+](=O)[O-])c1. The predicted octanol–water partition coefficient (Wildman–Crippen LogP) is 2.72. The molecule has 0 radical (unpaired) electrons. The van der Waals surface area contributed by atoms with Crippen LogP contribution in [-0.2, 0) is 6.54 Å². The van der Waals surface area contributed by atoms with Crippen LogP contribution in [0.5, 0.6) is 5.75 Å². The molecule has 0 aliphatic heterocycles. The first kappa shape index (κ1) is 17.0. The maximum atomic E-state index is 11.2. The lowest BCUT2D eigenvalue weighted by Gasteiger charge is -2.05. The second-order valence-electron chi connectivity index (χ2n) is 5.22. The highest BCUT2D eigenvalue weighted by atomic mass is 16.6. The van der Waals surface area contributed by atoms with Crippen LogP contribution in [0.3, 0.4) is 0 Å². The fraction of sp³-hybridized carbons (Fsp3) is 0.375. The van der Waals surface area contributed by atoms with Crippen molar-refractivity contribution < 1.29 is 19.2 Å². The van der Waals surface area contributed by atoms with Gasteiger partial charge in [0.1, 0.15) is 17.3 Å². The van der Waals surface area contributed by atoms with Crippen molar-refractivity contribution in [3.05, 3.63) is 46.2 Å².